The van der Waals surface area contributed by atoms with Gasteiger partial charge in [0.1, 0.15) is 0 Å². The summed E-state index contributed by atoms with van der Waals surface area (Å²) in [5.41, 5.74) is 6.06. The maximum atomic E-state index is 9.29. The van der Waals surface area contributed by atoms with Crippen molar-refractivity contribution in [3.63, 3.8) is 0 Å². The number of aryl methyl sites for hydroxylation is 2. The molecular weight excluding hydrogens is 260 g/mol. The summed E-state index contributed by atoms with van der Waals surface area (Å²) in [5.74, 6) is 0. The third kappa shape index (κ3) is 2.45. The lowest BCUT2D eigenvalue weighted by Crippen LogP contribution is -1.86. The van der Waals surface area contributed by atoms with Crippen LogP contribution in [0, 0.1) is 27.7 Å². The van der Waals surface area contributed by atoms with Crippen LogP contribution < -0.4 is 0 Å². The van der Waals surface area contributed by atoms with Crippen LogP contribution in [0.3, 0.4) is 0 Å². The third-order valence-corrected chi connectivity index (χ3v) is 5.10. The summed E-state index contributed by atoms with van der Waals surface area (Å²) in [5, 5.41) is 18.6. The molecule has 0 aliphatic rings. The van der Waals surface area contributed by atoms with Gasteiger partial charge in [0.25, 0.3) is 0 Å². The molecule has 4 N–H and O–H groups in total. The topological polar surface area (TPSA) is 72.0 Å². The molecule has 0 saturated heterocycles. The molecule has 0 aliphatic heterocycles. The number of rotatable bonds is 4. The molecule has 0 radical (unpaired) electrons. The van der Waals surface area contributed by atoms with Crippen molar-refractivity contribution in [1.82, 2.24) is 9.97 Å². The Kier molecular flexibility index (Phi) is 4.08. The van der Waals surface area contributed by atoms with E-state index in [-0.39, 0.29) is 13.2 Å². The number of hydrogen-bond acceptors (Lipinski definition) is 3. The van der Waals surface area contributed by atoms with Gasteiger partial charge in [-0.3, -0.25) is 0 Å². The summed E-state index contributed by atoms with van der Waals surface area (Å²) in [7, 11) is 0. The Morgan fingerprint density at radius 1 is 0.789 bits per heavy atom. The van der Waals surface area contributed by atoms with Crippen molar-refractivity contribution in [3.8, 4) is 0 Å². The Bertz CT molecular complexity index is 547. The van der Waals surface area contributed by atoms with Crippen molar-refractivity contribution in [2.45, 2.75) is 50.7 Å². The highest BCUT2D eigenvalue weighted by Crippen LogP contribution is 2.38. The normalized spacial score (nSPS) is 11.3. The van der Waals surface area contributed by atoms with E-state index in [0.29, 0.717) is 0 Å². The van der Waals surface area contributed by atoms with E-state index >= 15 is 0 Å². The lowest BCUT2D eigenvalue weighted by molar-refractivity contribution is 0.276. The molecule has 19 heavy (non-hydrogen) atoms. The predicted octanol–water partition coefficient (Wildman–Crippen LogP) is 2.71. The summed E-state index contributed by atoms with van der Waals surface area (Å²) in [6.07, 6.45) is 0. The minimum absolute atomic E-state index is 0.0280. The van der Waals surface area contributed by atoms with E-state index in [1.165, 1.54) is 0 Å². The van der Waals surface area contributed by atoms with E-state index in [2.05, 4.69) is 9.97 Å². The zero-order valence-electron chi connectivity index (χ0n) is 11.7. The molecule has 2 aromatic heterocycles. The van der Waals surface area contributed by atoms with E-state index in [1.807, 2.05) is 27.7 Å². The fourth-order valence-corrected chi connectivity index (χ4v) is 3.48. The Hall–Kier alpha value is -1.17. The number of aliphatic hydroxyl groups is 2. The SMILES string of the molecule is Cc1[nH]c(CO)c(C)c1Sc1c(C)[nH]c(CO)c1C. The van der Waals surface area contributed by atoms with Gasteiger partial charge in [0.15, 0.2) is 0 Å². The first-order valence-corrected chi connectivity index (χ1v) is 7.06. The quantitative estimate of drug-likeness (QED) is 0.696. The summed E-state index contributed by atoms with van der Waals surface area (Å²) in [6.45, 7) is 8.11. The number of nitrogens with one attached hydrogen (secondary N) is 2. The highest BCUT2D eigenvalue weighted by Gasteiger charge is 2.17. The monoisotopic (exact) mass is 280 g/mol. The molecule has 0 aliphatic carbocycles. The number of aromatic amines is 2. The molecule has 0 saturated carbocycles. The molecule has 0 fully saturated rings. The van der Waals surface area contributed by atoms with Crippen molar-refractivity contribution in [2.24, 2.45) is 0 Å². The fraction of sp³-hybridized carbons (Fsp3) is 0.429. The second-order valence-corrected chi connectivity index (χ2v) is 5.80. The largest absolute Gasteiger partial charge is 0.390 e. The standard InChI is InChI=1S/C14H20N2O2S/c1-7-11(5-17)15-9(3)13(7)19-14-8(2)12(6-18)16-10(14)4/h15-18H,5-6H2,1-4H3. The smallest absolute Gasteiger partial charge is 0.0834 e. The molecule has 104 valence electrons. The molecule has 0 aromatic carbocycles. The van der Waals surface area contributed by atoms with Gasteiger partial charge in [0, 0.05) is 32.6 Å². The summed E-state index contributed by atoms with van der Waals surface area (Å²) < 4.78 is 0. The number of aromatic nitrogens is 2. The van der Waals surface area contributed by atoms with Crippen LogP contribution in [0.25, 0.3) is 0 Å². The summed E-state index contributed by atoms with van der Waals surface area (Å²) in [6, 6.07) is 0. The molecule has 0 atom stereocenters. The Morgan fingerprint density at radius 2 is 1.16 bits per heavy atom. The average molecular weight is 280 g/mol. The highest BCUT2D eigenvalue weighted by molar-refractivity contribution is 7.99. The maximum absolute atomic E-state index is 9.29. The van der Waals surface area contributed by atoms with Crippen LogP contribution in [-0.2, 0) is 13.2 Å². The van der Waals surface area contributed by atoms with Gasteiger partial charge in [0.05, 0.1) is 13.2 Å². The minimum Gasteiger partial charge on any atom is -0.390 e. The third-order valence-electron chi connectivity index (χ3n) is 3.46. The van der Waals surface area contributed by atoms with Gasteiger partial charge >= 0.3 is 0 Å². The molecule has 4 nitrogen and oxygen atoms in total. The van der Waals surface area contributed by atoms with Crippen LogP contribution >= 0.6 is 11.8 Å². The molecule has 0 amide bonds. The van der Waals surface area contributed by atoms with Gasteiger partial charge in [0.2, 0.25) is 0 Å². The molecule has 0 unspecified atom stereocenters. The van der Waals surface area contributed by atoms with Gasteiger partial charge < -0.3 is 20.2 Å². The maximum Gasteiger partial charge on any atom is 0.0834 e. The summed E-state index contributed by atoms with van der Waals surface area (Å²) in [4.78, 5) is 8.73. The predicted molar refractivity (Wildman–Crippen MR) is 76.5 cm³/mol. The van der Waals surface area contributed by atoms with Gasteiger partial charge in [-0.05, 0) is 38.8 Å². The first-order chi connectivity index (χ1) is 8.99. The van der Waals surface area contributed by atoms with Crippen LogP contribution in [0.15, 0.2) is 9.79 Å². The lowest BCUT2D eigenvalue weighted by atomic mass is 10.2. The zero-order valence-corrected chi connectivity index (χ0v) is 12.5. The van der Waals surface area contributed by atoms with Crippen LogP contribution in [-0.4, -0.2) is 20.2 Å². The zero-order chi connectivity index (χ0) is 14.2. The molecule has 2 rings (SSSR count). The lowest BCUT2D eigenvalue weighted by Gasteiger charge is -2.04. The van der Waals surface area contributed by atoms with Crippen molar-refractivity contribution in [2.75, 3.05) is 0 Å². The molecule has 2 aromatic rings. The number of aliphatic hydroxyl groups excluding tert-OH is 2. The average Bonchev–Trinajstić information content (AvgIpc) is 2.82. The second kappa shape index (κ2) is 5.45. The Balaban J connectivity index is 2.42. The van der Waals surface area contributed by atoms with Gasteiger partial charge in [-0.25, -0.2) is 0 Å². The van der Waals surface area contributed by atoms with Crippen LogP contribution in [0.5, 0.6) is 0 Å². The first-order valence-electron chi connectivity index (χ1n) is 6.25. The Morgan fingerprint density at radius 3 is 1.42 bits per heavy atom. The van der Waals surface area contributed by atoms with E-state index in [9.17, 15) is 10.2 Å². The van der Waals surface area contributed by atoms with Crippen molar-refractivity contribution in [1.29, 1.82) is 0 Å². The van der Waals surface area contributed by atoms with E-state index in [0.717, 1.165) is 43.7 Å². The fourth-order valence-electron chi connectivity index (χ4n) is 2.31. The van der Waals surface area contributed by atoms with E-state index < -0.39 is 0 Å². The molecule has 0 bridgehead atoms. The van der Waals surface area contributed by atoms with Crippen LogP contribution in [0.4, 0.5) is 0 Å². The summed E-state index contributed by atoms with van der Waals surface area (Å²) >= 11 is 1.68. The number of H-pyrrole nitrogens is 2. The van der Waals surface area contributed by atoms with Gasteiger partial charge in [-0.2, -0.15) is 0 Å². The highest BCUT2D eigenvalue weighted by atomic mass is 32.2. The van der Waals surface area contributed by atoms with Gasteiger partial charge in [-0.1, -0.05) is 11.8 Å². The molecular formula is C14H20N2O2S. The van der Waals surface area contributed by atoms with Crippen molar-refractivity contribution in [3.05, 3.63) is 33.9 Å². The molecule has 2 heterocycles. The van der Waals surface area contributed by atoms with Gasteiger partial charge in [-0.15, -0.1) is 0 Å². The first kappa shape index (κ1) is 14.2. The van der Waals surface area contributed by atoms with Crippen molar-refractivity contribution >= 4 is 11.8 Å². The van der Waals surface area contributed by atoms with Crippen LogP contribution in [0.2, 0.25) is 0 Å². The van der Waals surface area contributed by atoms with Crippen LogP contribution in [0.1, 0.15) is 33.9 Å². The van der Waals surface area contributed by atoms with E-state index in [4.69, 9.17) is 0 Å². The minimum atomic E-state index is 0.0280. The Labute approximate surface area is 117 Å². The number of hydrogen-bond donors (Lipinski definition) is 4. The molecule has 0 spiro atoms. The van der Waals surface area contributed by atoms with E-state index in [1.54, 1.807) is 11.8 Å². The van der Waals surface area contributed by atoms with Crippen molar-refractivity contribution < 1.29 is 10.2 Å². The second-order valence-electron chi connectivity index (χ2n) is 4.78. The molecule has 5 heteroatoms.